The highest BCUT2D eigenvalue weighted by Crippen LogP contribution is 2.34. The van der Waals surface area contributed by atoms with Crippen LogP contribution in [0.4, 0.5) is 5.69 Å². The maximum absolute atomic E-state index is 12.4. The van der Waals surface area contributed by atoms with E-state index in [4.69, 9.17) is 9.47 Å². The number of nitrogens with zero attached hydrogens (tertiary/aromatic N) is 1. The highest BCUT2D eigenvalue weighted by molar-refractivity contribution is 6.00. The average molecular weight is 391 g/mol. The van der Waals surface area contributed by atoms with Crippen LogP contribution in [0.5, 0.6) is 11.5 Å². The normalized spacial score (nSPS) is 17.2. The SMILES string of the molecule is CCC(C)NC(=O)CCNC(=O)C1CC(=O)N(c2ccc(OC)c(OC)c2)C1. The van der Waals surface area contributed by atoms with E-state index < -0.39 is 5.92 Å². The van der Waals surface area contributed by atoms with Crippen molar-refractivity contribution in [2.75, 3.05) is 32.2 Å². The number of hydrogen-bond donors (Lipinski definition) is 2. The summed E-state index contributed by atoms with van der Waals surface area (Å²) in [5.74, 6) is 0.216. The first kappa shape index (κ1) is 21.5. The molecule has 1 aromatic rings. The summed E-state index contributed by atoms with van der Waals surface area (Å²) in [6, 6.07) is 5.32. The van der Waals surface area contributed by atoms with Gasteiger partial charge in [-0.3, -0.25) is 14.4 Å². The number of carbonyl (C=O) groups is 3. The Kier molecular flexibility index (Phi) is 7.66. The molecule has 2 atom stereocenters. The summed E-state index contributed by atoms with van der Waals surface area (Å²) in [7, 11) is 3.07. The first-order chi connectivity index (χ1) is 13.4. The molecule has 0 bridgehead atoms. The van der Waals surface area contributed by atoms with Gasteiger partial charge in [0.05, 0.1) is 20.1 Å². The number of hydrogen-bond acceptors (Lipinski definition) is 5. The quantitative estimate of drug-likeness (QED) is 0.665. The number of carbonyl (C=O) groups excluding carboxylic acids is 3. The molecule has 1 aliphatic heterocycles. The van der Waals surface area contributed by atoms with Crippen LogP contribution in [-0.4, -0.2) is 51.1 Å². The third-order valence-electron chi connectivity index (χ3n) is 4.85. The highest BCUT2D eigenvalue weighted by Gasteiger charge is 2.35. The highest BCUT2D eigenvalue weighted by atomic mass is 16.5. The van der Waals surface area contributed by atoms with Gasteiger partial charge < -0.3 is 25.0 Å². The Hall–Kier alpha value is -2.77. The Morgan fingerprint density at radius 2 is 1.96 bits per heavy atom. The van der Waals surface area contributed by atoms with Gasteiger partial charge in [-0.15, -0.1) is 0 Å². The molecular formula is C20H29N3O5. The summed E-state index contributed by atoms with van der Waals surface area (Å²) < 4.78 is 10.5. The second-order valence-corrected chi connectivity index (χ2v) is 6.86. The van der Waals surface area contributed by atoms with Crippen molar-refractivity contribution in [2.45, 2.75) is 39.2 Å². The van der Waals surface area contributed by atoms with Gasteiger partial charge in [0.2, 0.25) is 17.7 Å². The largest absolute Gasteiger partial charge is 0.493 e. The minimum absolute atomic E-state index is 0.0934. The van der Waals surface area contributed by atoms with Crippen molar-refractivity contribution in [3.05, 3.63) is 18.2 Å². The molecule has 1 heterocycles. The Morgan fingerprint density at radius 1 is 1.25 bits per heavy atom. The number of amides is 3. The van der Waals surface area contributed by atoms with Crippen molar-refractivity contribution < 1.29 is 23.9 Å². The molecule has 1 aliphatic rings. The third kappa shape index (κ3) is 5.37. The fourth-order valence-corrected chi connectivity index (χ4v) is 3.02. The molecule has 0 radical (unpaired) electrons. The maximum atomic E-state index is 12.4. The van der Waals surface area contributed by atoms with E-state index in [2.05, 4.69) is 10.6 Å². The fraction of sp³-hybridized carbons (Fsp3) is 0.550. The molecule has 3 amide bonds. The van der Waals surface area contributed by atoms with Crippen LogP contribution >= 0.6 is 0 Å². The molecule has 1 fully saturated rings. The Bertz CT molecular complexity index is 722. The minimum Gasteiger partial charge on any atom is -0.493 e. The molecule has 0 saturated carbocycles. The van der Waals surface area contributed by atoms with E-state index in [0.717, 1.165) is 6.42 Å². The number of anilines is 1. The predicted octanol–water partition coefficient (Wildman–Crippen LogP) is 1.48. The monoisotopic (exact) mass is 391 g/mol. The lowest BCUT2D eigenvalue weighted by atomic mass is 10.1. The average Bonchev–Trinajstić information content (AvgIpc) is 3.08. The lowest BCUT2D eigenvalue weighted by molar-refractivity contribution is -0.126. The van der Waals surface area contributed by atoms with E-state index in [9.17, 15) is 14.4 Å². The van der Waals surface area contributed by atoms with Crippen LogP contribution in [0.15, 0.2) is 18.2 Å². The molecule has 154 valence electrons. The summed E-state index contributed by atoms with van der Waals surface area (Å²) in [6.07, 6.45) is 1.21. The van der Waals surface area contributed by atoms with E-state index in [1.54, 1.807) is 30.2 Å². The van der Waals surface area contributed by atoms with Crippen LogP contribution in [0.3, 0.4) is 0 Å². The zero-order valence-corrected chi connectivity index (χ0v) is 16.9. The zero-order valence-electron chi connectivity index (χ0n) is 16.9. The van der Waals surface area contributed by atoms with Gasteiger partial charge in [0.25, 0.3) is 0 Å². The number of ether oxygens (including phenoxy) is 2. The molecule has 2 unspecified atom stereocenters. The van der Waals surface area contributed by atoms with Crippen molar-refractivity contribution >= 4 is 23.4 Å². The van der Waals surface area contributed by atoms with Crippen LogP contribution in [0.2, 0.25) is 0 Å². The van der Waals surface area contributed by atoms with Gasteiger partial charge in [0.1, 0.15) is 0 Å². The summed E-state index contributed by atoms with van der Waals surface area (Å²) in [4.78, 5) is 38.1. The van der Waals surface area contributed by atoms with Crippen molar-refractivity contribution in [3.8, 4) is 11.5 Å². The fourth-order valence-electron chi connectivity index (χ4n) is 3.02. The molecule has 8 heteroatoms. The Morgan fingerprint density at radius 3 is 2.61 bits per heavy atom. The summed E-state index contributed by atoms with van der Waals surface area (Å²) in [5, 5.41) is 5.61. The van der Waals surface area contributed by atoms with E-state index in [1.165, 1.54) is 7.11 Å². The number of benzene rings is 1. The van der Waals surface area contributed by atoms with Crippen molar-refractivity contribution in [3.63, 3.8) is 0 Å². The third-order valence-corrected chi connectivity index (χ3v) is 4.85. The van der Waals surface area contributed by atoms with Gasteiger partial charge in [-0.25, -0.2) is 0 Å². The second-order valence-electron chi connectivity index (χ2n) is 6.86. The van der Waals surface area contributed by atoms with Gasteiger partial charge in [-0.05, 0) is 25.5 Å². The number of nitrogens with one attached hydrogen (secondary N) is 2. The van der Waals surface area contributed by atoms with Crippen molar-refractivity contribution in [1.29, 1.82) is 0 Å². The van der Waals surface area contributed by atoms with Crippen LogP contribution < -0.4 is 25.0 Å². The first-order valence-corrected chi connectivity index (χ1v) is 9.49. The van der Waals surface area contributed by atoms with Crippen LogP contribution in [0, 0.1) is 5.92 Å². The molecule has 28 heavy (non-hydrogen) atoms. The van der Waals surface area contributed by atoms with E-state index in [-0.39, 0.29) is 43.1 Å². The van der Waals surface area contributed by atoms with Gasteiger partial charge >= 0.3 is 0 Å². The molecule has 0 aliphatic carbocycles. The van der Waals surface area contributed by atoms with E-state index in [0.29, 0.717) is 23.7 Å². The van der Waals surface area contributed by atoms with Gasteiger partial charge in [-0.1, -0.05) is 6.92 Å². The molecule has 2 rings (SSSR count). The lowest BCUT2D eigenvalue weighted by Crippen LogP contribution is -2.37. The topological polar surface area (TPSA) is 97.0 Å². The summed E-state index contributed by atoms with van der Waals surface area (Å²) in [6.45, 7) is 4.47. The standard InChI is InChI=1S/C20H29N3O5/c1-5-13(2)22-18(24)8-9-21-20(26)14-10-19(25)23(12-14)15-6-7-16(27-3)17(11-15)28-4/h6-7,11,13-14H,5,8-10,12H2,1-4H3,(H,21,26)(H,22,24). The van der Waals surface area contributed by atoms with Gasteiger partial charge in [0, 0.05) is 43.7 Å². The molecule has 1 aromatic carbocycles. The summed E-state index contributed by atoms with van der Waals surface area (Å²) >= 11 is 0. The number of methoxy groups -OCH3 is 2. The first-order valence-electron chi connectivity index (χ1n) is 9.49. The Labute approximate surface area is 165 Å². The maximum Gasteiger partial charge on any atom is 0.227 e. The smallest absolute Gasteiger partial charge is 0.227 e. The van der Waals surface area contributed by atoms with Crippen LogP contribution in [0.25, 0.3) is 0 Å². The molecule has 0 spiro atoms. The molecule has 0 aromatic heterocycles. The molecule has 1 saturated heterocycles. The van der Waals surface area contributed by atoms with Gasteiger partial charge in [0.15, 0.2) is 11.5 Å². The predicted molar refractivity (Wildman–Crippen MR) is 106 cm³/mol. The second kappa shape index (κ2) is 9.96. The van der Waals surface area contributed by atoms with Crippen LogP contribution in [0.1, 0.15) is 33.1 Å². The molecule has 2 N–H and O–H groups in total. The molecule has 8 nitrogen and oxygen atoms in total. The van der Waals surface area contributed by atoms with E-state index >= 15 is 0 Å². The van der Waals surface area contributed by atoms with Crippen LogP contribution in [-0.2, 0) is 14.4 Å². The minimum atomic E-state index is -0.446. The van der Waals surface area contributed by atoms with Crippen molar-refractivity contribution in [2.24, 2.45) is 5.92 Å². The van der Waals surface area contributed by atoms with E-state index in [1.807, 2.05) is 13.8 Å². The van der Waals surface area contributed by atoms with Gasteiger partial charge in [-0.2, -0.15) is 0 Å². The summed E-state index contributed by atoms with van der Waals surface area (Å²) in [5.41, 5.74) is 0.658. The lowest BCUT2D eigenvalue weighted by Gasteiger charge is -2.18. The zero-order chi connectivity index (χ0) is 20.7. The number of rotatable bonds is 9. The molecular weight excluding hydrogens is 362 g/mol. The van der Waals surface area contributed by atoms with Crippen molar-refractivity contribution in [1.82, 2.24) is 10.6 Å². The Balaban J connectivity index is 1.90.